The summed E-state index contributed by atoms with van der Waals surface area (Å²) in [5, 5.41) is 0. The smallest absolute Gasteiger partial charge is 0.379 e. The van der Waals surface area contributed by atoms with Crippen LogP contribution in [0.2, 0.25) is 0 Å². The minimum Gasteiger partial charge on any atom is -0.457 e. The number of furan rings is 1. The molecule has 1 saturated heterocycles. The lowest BCUT2D eigenvalue weighted by Gasteiger charge is -2.29. The number of Topliss-reactive ketones (excluding diaryl/α,β-unsaturated/α-hetero) is 1. The number of fused-ring (bicyclic) bond motifs is 1. The van der Waals surface area contributed by atoms with E-state index in [2.05, 4.69) is 31.9 Å². The molecule has 2 heterocycles. The number of ether oxygens (including phenoxy) is 2. The summed E-state index contributed by atoms with van der Waals surface area (Å²) in [5.41, 5.74) is 0.382. The maximum absolute atomic E-state index is 13.2. The first-order valence-corrected chi connectivity index (χ1v) is 13.9. The Morgan fingerprint density at radius 2 is 1.49 bits per heavy atom. The molecule has 0 bridgehead atoms. The van der Waals surface area contributed by atoms with Crippen LogP contribution < -0.4 is 9.64 Å². The summed E-state index contributed by atoms with van der Waals surface area (Å²) >= 11 is 7.13. The molecule has 0 radical (unpaired) electrons. The standard InChI is InChI=1S/C28H21Br2NO8/c29-20-12-18-19(13-21(20)30)26(34)31(25(18)33)22-5-2-1-4-17(22)27(35)38-14-23(32)15-7-9-16(10-8-15)39-28(36)24-6-3-11-37-24/h1-11,18-21H,12-14H2. The number of nitrogens with zero attached hydrogens (tertiary/aromatic N) is 1. The Balaban J connectivity index is 1.24. The number of imide groups is 1. The number of amides is 2. The number of carbonyl (C=O) groups is 5. The second-order valence-corrected chi connectivity index (χ2v) is 11.5. The highest BCUT2D eigenvalue weighted by Gasteiger charge is 2.53. The summed E-state index contributed by atoms with van der Waals surface area (Å²) in [7, 11) is 0. The van der Waals surface area contributed by atoms with E-state index in [0.717, 1.165) is 4.90 Å². The lowest BCUT2D eigenvalue weighted by atomic mass is 9.81. The summed E-state index contributed by atoms with van der Waals surface area (Å²) in [4.78, 5) is 65.2. The van der Waals surface area contributed by atoms with Crippen molar-refractivity contribution in [2.75, 3.05) is 11.5 Å². The van der Waals surface area contributed by atoms with Crippen molar-refractivity contribution in [3.05, 3.63) is 83.8 Å². The lowest BCUT2D eigenvalue weighted by molar-refractivity contribution is -0.122. The molecular weight excluding hydrogens is 638 g/mol. The fourth-order valence-electron chi connectivity index (χ4n) is 4.73. The van der Waals surface area contributed by atoms with E-state index in [9.17, 15) is 24.0 Å². The zero-order chi connectivity index (χ0) is 27.7. The SMILES string of the molecule is O=C(COC(=O)c1ccccc1N1C(=O)C2CC(Br)C(Br)CC2C1=O)c1ccc(OC(=O)c2ccco2)cc1. The molecule has 2 fully saturated rings. The van der Waals surface area contributed by atoms with Gasteiger partial charge in [0.15, 0.2) is 12.4 Å². The number of alkyl halides is 2. The Hall–Kier alpha value is -3.57. The van der Waals surface area contributed by atoms with Crippen LogP contribution in [0.15, 0.2) is 71.3 Å². The molecule has 39 heavy (non-hydrogen) atoms. The van der Waals surface area contributed by atoms with Crippen molar-refractivity contribution in [3.8, 4) is 5.75 Å². The molecule has 4 atom stereocenters. The third-order valence-corrected chi connectivity index (χ3v) is 9.45. The number of esters is 2. The third-order valence-electron chi connectivity index (χ3n) is 6.72. The monoisotopic (exact) mass is 657 g/mol. The maximum Gasteiger partial charge on any atom is 0.379 e. The Labute approximate surface area is 239 Å². The summed E-state index contributed by atoms with van der Waals surface area (Å²) in [6, 6.07) is 15.0. The van der Waals surface area contributed by atoms with Crippen LogP contribution in [0.1, 0.15) is 44.1 Å². The second-order valence-electron chi connectivity index (χ2n) is 9.14. The van der Waals surface area contributed by atoms with E-state index in [1.807, 2.05) is 0 Å². The van der Waals surface area contributed by atoms with Crippen molar-refractivity contribution < 1.29 is 37.9 Å². The van der Waals surface area contributed by atoms with E-state index in [1.54, 1.807) is 18.2 Å². The highest BCUT2D eigenvalue weighted by atomic mass is 79.9. The van der Waals surface area contributed by atoms with Crippen LogP contribution in [0.5, 0.6) is 5.75 Å². The van der Waals surface area contributed by atoms with Gasteiger partial charge in [0.25, 0.3) is 0 Å². The van der Waals surface area contributed by atoms with Crippen molar-refractivity contribution in [2.45, 2.75) is 22.5 Å². The van der Waals surface area contributed by atoms with Gasteiger partial charge in [0.2, 0.25) is 17.6 Å². The predicted octanol–water partition coefficient (Wildman–Crippen LogP) is 4.96. The summed E-state index contributed by atoms with van der Waals surface area (Å²) in [6.45, 7) is -0.567. The summed E-state index contributed by atoms with van der Waals surface area (Å²) in [5.74, 6) is -3.40. The quantitative estimate of drug-likeness (QED) is 0.115. The van der Waals surface area contributed by atoms with E-state index in [-0.39, 0.29) is 49.8 Å². The lowest BCUT2D eigenvalue weighted by Crippen LogP contribution is -2.34. The molecule has 5 rings (SSSR count). The van der Waals surface area contributed by atoms with E-state index in [0.29, 0.717) is 12.8 Å². The number of hydrogen-bond acceptors (Lipinski definition) is 8. The van der Waals surface area contributed by atoms with E-state index >= 15 is 0 Å². The Kier molecular flexibility index (Phi) is 7.81. The van der Waals surface area contributed by atoms with Gasteiger partial charge in [0, 0.05) is 15.2 Å². The van der Waals surface area contributed by atoms with Crippen LogP contribution in [-0.2, 0) is 14.3 Å². The number of benzene rings is 2. The second kappa shape index (κ2) is 11.3. The number of rotatable bonds is 7. The third kappa shape index (κ3) is 5.46. The first kappa shape index (κ1) is 27.0. The highest BCUT2D eigenvalue weighted by molar-refractivity contribution is 9.12. The maximum atomic E-state index is 13.2. The molecule has 3 aromatic rings. The normalized spacial score (nSPS) is 22.4. The average Bonchev–Trinajstić information content (AvgIpc) is 3.56. The van der Waals surface area contributed by atoms with Gasteiger partial charge in [0.05, 0.1) is 29.3 Å². The van der Waals surface area contributed by atoms with Gasteiger partial charge in [-0.05, 0) is 61.4 Å². The molecule has 1 aliphatic heterocycles. The fraction of sp³-hybridized carbons (Fsp3) is 0.250. The number of para-hydroxylation sites is 1. The van der Waals surface area contributed by atoms with E-state index < -0.39 is 36.2 Å². The molecule has 9 nitrogen and oxygen atoms in total. The predicted molar refractivity (Wildman–Crippen MR) is 145 cm³/mol. The molecule has 0 N–H and O–H groups in total. The fourth-order valence-corrected chi connectivity index (χ4v) is 5.96. The van der Waals surface area contributed by atoms with Gasteiger partial charge >= 0.3 is 11.9 Å². The van der Waals surface area contributed by atoms with E-state index in [4.69, 9.17) is 13.9 Å². The Morgan fingerprint density at radius 1 is 0.846 bits per heavy atom. The van der Waals surface area contributed by atoms with Crippen LogP contribution in [0, 0.1) is 11.8 Å². The first-order chi connectivity index (χ1) is 18.7. The number of halogens is 2. The molecule has 4 unspecified atom stereocenters. The zero-order valence-corrected chi connectivity index (χ0v) is 23.4. The number of carbonyl (C=O) groups excluding carboxylic acids is 5. The molecule has 1 aromatic heterocycles. The van der Waals surface area contributed by atoms with Crippen LogP contribution in [0.25, 0.3) is 0 Å². The number of hydrogen-bond donors (Lipinski definition) is 0. The molecule has 0 spiro atoms. The van der Waals surface area contributed by atoms with Gasteiger partial charge in [0.1, 0.15) is 5.75 Å². The molecular formula is C28H21Br2NO8. The number of ketones is 1. The van der Waals surface area contributed by atoms with Gasteiger partial charge in [-0.3, -0.25) is 14.4 Å². The molecule has 1 aliphatic carbocycles. The topological polar surface area (TPSA) is 120 Å². The van der Waals surface area contributed by atoms with Gasteiger partial charge in [-0.2, -0.15) is 0 Å². The Bertz CT molecular complexity index is 1410. The van der Waals surface area contributed by atoms with Crippen LogP contribution in [-0.4, -0.2) is 45.8 Å². The van der Waals surface area contributed by atoms with Crippen LogP contribution >= 0.6 is 31.9 Å². The molecule has 2 amide bonds. The zero-order valence-electron chi connectivity index (χ0n) is 20.3. The van der Waals surface area contributed by atoms with Crippen molar-refractivity contribution in [3.63, 3.8) is 0 Å². The highest BCUT2D eigenvalue weighted by Crippen LogP contribution is 2.45. The minimum absolute atomic E-state index is 0.0108. The minimum atomic E-state index is -0.838. The summed E-state index contributed by atoms with van der Waals surface area (Å²) < 4.78 is 15.4. The molecule has 2 aliphatic rings. The van der Waals surface area contributed by atoms with Gasteiger partial charge in [-0.15, -0.1) is 0 Å². The first-order valence-electron chi connectivity index (χ1n) is 12.1. The largest absolute Gasteiger partial charge is 0.457 e. The molecule has 1 saturated carbocycles. The van der Waals surface area contributed by atoms with Gasteiger partial charge < -0.3 is 13.9 Å². The van der Waals surface area contributed by atoms with Crippen LogP contribution in [0.3, 0.4) is 0 Å². The van der Waals surface area contributed by atoms with Gasteiger partial charge in [-0.1, -0.05) is 44.0 Å². The molecule has 2 aromatic carbocycles. The van der Waals surface area contributed by atoms with Gasteiger partial charge in [-0.25, -0.2) is 14.5 Å². The number of anilines is 1. The molecule has 11 heteroatoms. The average molecular weight is 659 g/mol. The van der Waals surface area contributed by atoms with E-state index in [1.165, 1.54) is 48.7 Å². The van der Waals surface area contributed by atoms with Crippen molar-refractivity contribution >= 4 is 67.1 Å². The van der Waals surface area contributed by atoms with Crippen LogP contribution in [0.4, 0.5) is 5.69 Å². The van der Waals surface area contributed by atoms with Crippen molar-refractivity contribution in [1.82, 2.24) is 0 Å². The van der Waals surface area contributed by atoms with Crippen molar-refractivity contribution in [1.29, 1.82) is 0 Å². The summed E-state index contributed by atoms with van der Waals surface area (Å²) in [6.07, 6.45) is 2.36. The molecule has 200 valence electrons. The Morgan fingerprint density at radius 3 is 2.10 bits per heavy atom. The van der Waals surface area contributed by atoms with Crippen molar-refractivity contribution in [2.24, 2.45) is 11.8 Å².